The predicted molar refractivity (Wildman–Crippen MR) is 44.6 cm³/mol. The third kappa shape index (κ3) is 6.51. The van der Waals surface area contributed by atoms with Gasteiger partial charge in [-0.3, -0.25) is 0 Å². The fourth-order valence-corrected chi connectivity index (χ4v) is 1.11. The molecular weight excluding hydrogens is 174 g/mol. The number of nitrogens with zero attached hydrogens (tertiary/aromatic N) is 1. The lowest BCUT2D eigenvalue weighted by atomic mass is 10.3. The minimum Gasteiger partial charge on any atom is -0.550 e. The molecule has 78 valence electrons. The molecule has 0 aliphatic heterocycles. The number of hydrogen-bond donors (Lipinski definition) is 2. The van der Waals surface area contributed by atoms with Gasteiger partial charge in [0, 0.05) is 12.4 Å². The van der Waals surface area contributed by atoms with Gasteiger partial charge in [-0.2, -0.15) is 0 Å². The summed E-state index contributed by atoms with van der Waals surface area (Å²) in [6.45, 7) is 0.427. The van der Waals surface area contributed by atoms with Gasteiger partial charge in [0.15, 0.2) is 0 Å². The molecule has 0 aromatic carbocycles. The standard InChI is InChI=1S/C8H17NO4/c1-9(2,4-3-8(12)13)5-7(11)6-10/h7,10-11H,3-6H2,1-2H3. The average Bonchev–Trinajstić information content (AvgIpc) is 2.00. The highest BCUT2D eigenvalue weighted by molar-refractivity contribution is 5.64. The number of quaternary nitrogens is 1. The van der Waals surface area contributed by atoms with Gasteiger partial charge in [-0.25, -0.2) is 0 Å². The van der Waals surface area contributed by atoms with Crippen molar-refractivity contribution in [2.24, 2.45) is 0 Å². The van der Waals surface area contributed by atoms with Gasteiger partial charge in [-0.05, 0) is 0 Å². The van der Waals surface area contributed by atoms with E-state index in [0.29, 0.717) is 17.6 Å². The van der Waals surface area contributed by atoms with Gasteiger partial charge in [-0.15, -0.1) is 0 Å². The van der Waals surface area contributed by atoms with Crippen LogP contribution in [0.3, 0.4) is 0 Å². The fourth-order valence-electron chi connectivity index (χ4n) is 1.11. The molecule has 0 spiro atoms. The van der Waals surface area contributed by atoms with Crippen LogP contribution in [-0.4, -0.2) is 60.6 Å². The highest BCUT2D eigenvalue weighted by atomic mass is 16.4. The number of hydrogen-bond acceptors (Lipinski definition) is 4. The molecule has 0 aliphatic rings. The molecule has 0 heterocycles. The van der Waals surface area contributed by atoms with Gasteiger partial charge in [0.2, 0.25) is 0 Å². The normalized spacial score (nSPS) is 14.2. The molecule has 0 aromatic heterocycles. The van der Waals surface area contributed by atoms with E-state index in [1.54, 1.807) is 14.1 Å². The van der Waals surface area contributed by atoms with Gasteiger partial charge < -0.3 is 24.6 Å². The first-order valence-corrected chi connectivity index (χ1v) is 4.18. The summed E-state index contributed by atoms with van der Waals surface area (Å²) in [6, 6.07) is 0. The van der Waals surface area contributed by atoms with Crippen molar-refractivity contribution in [3.63, 3.8) is 0 Å². The molecule has 0 aromatic rings. The van der Waals surface area contributed by atoms with E-state index < -0.39 is 12.1 Å². The van der Waals surface area contributed by atoms with Crippen molar-refractivity contribution >= 4 is 5.97 Å². The highest BCUT2D eigenvalue weighted by Gasteiger charge is 2.19. The lowest BCUT2D eigenvalue weighted by Crippen LogP contribution is -2.48. The van der Waals surface area contributed by atoms with Crippen molar-refractivity contribution in [3.05, 3.63) is 0 Å². The van der Waals surface area contributed by atoms with E-state index in [2.05, 4.69) is 0 Å². The summed E-state index contributed by atoms with van der Waals surface area (Å²) >= 11 is 0. The van der Waals surface area contributed by atoms with E-state index in [-0.39, 0.29) is 13.0 Å². The second kappa shape index (κ2) is 5.16. The SMILES string of the molecule is C[N+](C)(CCC(=O)[O-])CC(O)CO. The van der Waals surface area contributed by atoms with Gasteiger partial charge in [0.25, 0.3) is 0 Å². The van der Waals surface area contributed by atoms with E-state index in [9.17, 15) is 9.90 Å². The molecule has 0 saturated carbocycles. The largest absolute Gasteiger partial charge is 0.550 e. The van der Waals surface area contributed by atoms with E-state index in [4.69, 9.17) is 10.2 Å². The van der Waals surface area contributed by atoms with Crippen molar-refractivity contribution < 1.29 is 24.6 Å². The third-order valence-corrected chi connectivity index (χ3v) is 1.84. The van der Waals surface area contributed by atoms with Gasteiger partial charge >= 0.3 is 0 Å². The van der Waals surface area contributed by atoms with Crippen LogP contribution in [0.5, 0.6) is 0 Å². The Balaban J connectivity index is 3.85. The Morgan fingerprint density at radius 1 is 1.54 bits per heavy atom. The van der Waals surface area contributed by atoms with Crippen LogP contribution in [0.1, 0.15) is 6.42 Å². The monoisotopic (exact) mass is 191 g/mol. The molecule has 0 fully saturated rings. The van der Waals surface area contributed by atoms with Crippen LogP contribution in [-0.2, 0) is 4.79 Å². The minimum absolute atomic E-state index is 0.0366. The van der Waals surface area contributed by atoms with Gasteiger partial charge in [0.1, 0.15) is 12.6 Å². The van der Waals surface area contributed by atoms with Crippen LogP contribution >= 0.6 is 0 Å². The summed E-state index contributed by atoms with van der Waals surface area (Å²) in [5, 5.41) is 27.9. The fraction of sp³-hybridized carbons (Fsp3) is 0.875. The van der Waals surface area contributed by atoms with E-state index in [1.165, 1.54) is 0 Å². The molecule has 0 radical (unpaired) electrons. The molecule has 1 atom stereocenters. The number of carboxylic acid groups (broad SMARTS) is 1. The average molecular weight is 191 g/mol. The molecule has 0 rings (SSSR count). The molecule has 5 heteroatoms. The maximum absolute atomic E-state index is 10.2. The van der Waals surface area contributed by atoms with Crippen molar-refractivity contribution in [1.29, 1.82) is 0 Å². The van der Waals surface area contributed by atoms with E-state index in [1.807, 2.05) is 0 Å². The lowest BCUT2D eigenvalue weighted by molar-refractivity contribution is -0.893. The first-order chi connectivity index (χ1) is 5.87. The predicted octanol–water partition coefficient (Wildman–Crippen LogP) is -2.44. The van der Waals surface area contributed by atoms with E-state index >= 15 is 0 Å². The zero-order chi connectivity index (χ0) is 10.5. The lowest BCUT2D eigenvalue weighted by Gasteiger charge is -2.31. The molecule has 1 unspecified atom stereocenters. The second-order valence-corrected chi connectivity index (χ2v) is 3.80. The van der Waals surface area contributed by atoms with Crippen molar-refractivity contribution in [2.45, 2.75) is 12.5 Å². The maximum Gasteiger partial charge on any atom is 0.126 e. The molecule has 13 heavy (non-hydrogen) atoms. The zero-order valence-electron chi connectivity index (χ0n) is 8.06. The number of aliphatic hydroxyl groups excluding tert-OH is 2. The topological polar surface area (TPSA) is 80.6 Å². The zero-order valence-corrected chi connectivity index (χ0v) is 8.06. The summed E-state index contributed by atoms with van der Waals surface area (Å²) in [5.74, 6) is -1.09. The molecule has 0 bridgehead atoms. The van der Waals surface area contributed by atoms with Crippen LogP contribution < -0.4 is 5.11 Å². The second-order valence-electron chi connectivity index (χ2n) is 3.80. The highest BCUT2D eigenvalue weighted by Crippen LogP contribution is 2.01. The Kier molecular flexibility index (Phi) is 4.90. The molecule has 5 nitrogen and oxygen atoms in total. The smallest absolute Gasteiger partial charge is 0.126 e. The number of likely N-dealkylation sites (N-methyl/N-ethyl adjacent to an activating group) is 1. The Morgan fingerprint density at radius 3 is 2.46 bits per heavy atom. The summed E-state index contributed by atoms with van der Waals surface area (Å²) in [5.41, 5.74) is 0. The van der Waals surface area contributed by atoms with Crippen molar-refractivity contribution in [3.8, 4) is 0 Å². The number of aliphatic hydroxyl groups is 2. The Hall–Kier alpha value is -0.650. The number of rotatable bonds is 6. The summed E-state index contributed by atoms with van der Waals surface area (Å²) < 4.78 is 0.357. The summed E-state index contributed by atoms with van der Waals surface area (Å²) in [7, 11) is 3.59. The number of carbonyl (C=O) groups excluding carboxylic acids is 1. The van der Waals surface area contributed by atoms with E-state index in [0.717, 1.165) is 0 Å². The Labute approximate surface area is 77.8 Å². The number of carboxylic acids is 1. The molecule has 0 amide bonds. The number of carbonyl (C=O) groups is 1. The molecular formula is C8H17NO4. The van der Waals surface area contributed by atoms with Crippen molar-refractivity contribution in [1.82, 2.24) is 0 Å². The van der Waals surface area contributed by atoms with Crippen molar-refractivity contribution in [2.75, 3.05) is 33.8 Å². The first-order valence-electron chi connectivity index (χ1n) is 4.18. The number of aliphatic carboxylic acids is 1. The van der Waals surface area contributed by atoms with Crippen LogP contribution in [0.2, 0.25) is 0 Å². The minimum atomic E-state index is -1.09. The summed E-state index contributed by atoms with van der Waals surface area (Å²) in [6.07, 6.45) is -0.831. The molecule has 2 N–H and O–H groups in total. The third-order valence-electron chi connectivity index (χ3n) is 1.84. The molecule has 0 saturated heterocycles. The maximum atomic E-state index is 10.2. The van der Waals surface area contributed by atoms with Gasteiger partial charge in [-0.1, -0.05) is 0 Å². The van der Waals surface area contributed by atoms with Crippen LogP contribution in [0.4, 0.5) is 0 Å². The Morgan fingerprint density at radius 2 is 2.08 bits per heavy atom. The first kappa shape index (κ1) is 12.3. The van der Waals surface area contributed by atoms with Crippen LogP contribution in [0.15, 0.2) is 0 Å². The molecule has 0 aliphatic carbocycles. The Bertz CT molecular complexity index is 170. The summed E-state index contributed by atoms with van der Waals surface area (Å²) in [4.78, 5) is 10.2. The quantitative estimate of drug-likeness (QED) is 0.457. The van der Waals surface area contributed by atoms with Crippen LogP contribution in [0.25, 0.3) is 0 Å². The van der Waals surface area contributed by atoms with Gasteiger partial charge in [0.05, 0.1) is 27.2 Å². The van der Waals surface area contributed by atoms with Crippen LogP contribution in [0, 0.1) is 0 Å².